The molecule has 0 N–H and O–H groups in total. The molecule has 0 spiro atoms. The van der Waals surface area contributed by atoms with Crippen LogP contribution in [0, 0.1) is 0 Å². The Morgan fingerprint density at radius 1 is 1.21 bits per heavy atom. The van der Waals surface area contributed by atoms with Crippen molar-refractivity contribution in [1.29, 1.82) is 0 Å². The zero-order valence-corrected chi connectivity index (χ0v) is 17.7. The Balaban J connectivity index is 1.55. The van der Waals surface area contributed by atoms with Gasteiger partial charge in [0.15, 0.2) is 0 Å². The second kappa shape index (κ2) is 8.28. The molecule has 2 unspecified atom stereocenters. The maximum absolute atomic E-state index is 6.70. The summed E-state index contributed by atoms with van der Waals surface area (Å²) in [6.45, 7) is 7.58. The fourth-order valence-corrected chi connectivity index (χ4v) is 5.10. The van der Waals surface area contributed by atoms with Crippen LogP contribution in [0.4, 0.5) is 0 Å². The highest BCUT2D eigenvalue weighted by Gasteiger charge is 2.44. The molecule has 6 nitrogen and oxygen atoms in total. The van der Waals surface area contributed by atoms with Crippen LogP contribution in [0.25, 0.3) is 0 Å². The molecule has 3 heterocycles. The molecule has 1 aromatic carbocycles. The summed E-state index contributed by atoms with van der Waals surface area (Å²) in [4.78, 5) is 6.52. The van der Waals surface area contributed by atoms with Gasteiger partial charge in [-0.2, -0.15) is 5.10 Å². The maximum Gasteiger partial charge on any atom is 0.137 e. The molecule has 28 heavy (non-hydrogen) atoms. The Morgan fingerprint density at radius 3 is 2.68 bits per heavy atom. The van der Waals surface area contributed by atoms with Crippen LogP contribution in [-0.2, 0) is 21.6 Å². The average Bonchev–Trinajstić information content (AvgIpc) is 3.25. The first-order chi connectivity index (χ1) is 13.4. The number of ether oxygens (including phenoxy) is 2. The highest BCUT2D eigenvalue weighted by Crippen LogP contribution is 2.44. The number of nitrogens with zero attached hydrogens (tertiary/aromatic N) is 4. The summed E-state index contributed by atoms with van der Waals surface area (Å²) in [6, 6.07) is 5.63. The summed E-state index contributed by atoms with van der Waals surface area (Å²) < 4.78 is 14.4. The van der Waals surface area contributed by atoms with Gasteiger partial charge in [0.2, 0.25) is 0 Å². The van der Waals surface area contributed by atoms with Gasteiger partial charge in [-0.05, 0) is 38.8 Å². The minimum atomic E-state index is -0.538. The summed E-state index contributed by atoms with van der Waals surface area (Å²) in [5.74, 6) is 0. The molecule has 0 bridgehead atoms. The van der Waals surface area contributed by atoms with Crippen LogP contribution >= 0.6 is 23.2 Å². The second-order valence-corrected chi connectivity index (χ2v) is 8.81. The number of rotatable bonds is 5. The molecule has 2 aliphatic rings. The predicted molar refractivity (Wildman–Crippen MR) is 109 cm³/mol. The van der Waals surface area contributed by atoms with Crippen molar-refractivity contribution in [2.75, 3.05) is 19.6 Å². The monoisotopic (exact) mass is 424 g/mol. The quantitative estimate of drug-likeness (QED) is 0.730. The van der Waals surface area contributed by atoms with Gasteiger partial charge in [0, 0.05) is 35.2 Å². The third-order valence-corrected chi connectivity index (χ3v) is 6.07. The molecule has 2 saturated heterocycles. The Labute approximate surface area is 175 Å². The van der Waals surface area contributed by atoms with Crippen molar-refractivity contribution in [3.8, 4) is 0 Å². The summed E-state index contributed by atoms with van der Waals surface area (Å²) >= 11 is 12.7. The van der Waals surface area contributed by atoms with E-state index in [2.05, 4.69) is 28.8 Å². The van der Waals surface area contributed by atoms with E-state index in [1.54, 1.807) is 18.7 Å². The molecule has 0 aliphatic carbocycles. The van der Waals surface area contributed by atoms with Gasteiger partial charge in [-0.1, -0.05) is 29.3 Å². The van der Waals surface area contributed by atoms with Gasteiger partial charge < -0.3 is 9.47 Å². The summed E-state index contributed by atoms with van der Waals surface area (Å²) in [7, 11) is 0. The van der Waals surface area contributed by atoms with Gasteiger partial charge in [-0.3, -0.25) is 4.90 Å². The third-order valence-electron chi connectivity index (χ3n) is 5.53. The molecular formula is C20H26Cl2N4O2. The summed E-state index contributed by atoms with van der Waals surface area (Å²) in [5, 5.41) is 5.54. The lowest BCUT2D eigenvalue weighted by Gasteiger charge is -2.37. The lowest BCUT2D eigenvalue weighted by molar-refractivity contribution is -0.100. The van der Waals surface area contributed by atoms with Crippen LogP contribution in [0.15, 0.2) is 30.9 Å². The molecule has 0 amide bonds. The maximum atomic E-state index is 6.70. The molecular weight excluding hydrogens is 399 g/mol. The molecule has 8 heteroatoms. The van der Waals surface area contributed by atoms with Gasteiger partial charge in [-0.25, -0.2) is 9.67 Å². The van der Waals surface area contributed by atoms with Crippen LogP contribution in [0.3, 0.4) is 0 Å². The van der Waals surface area contributed by atoms with Crippen molar-refractivity contribution >= 4 is 23.2 Å². The Kier molecular flexibility index (Phi) is 5.95. The Bertz CT molecular complexity index is 794. The van der Waals surface area contributed by atoms with Crippen LogP contribution < -0.4 is 0 Å². The Hall–Kier alpha value is -1.18. The topological polar surface area (TPSA) is 52.4 Å². The van der Waals surface area contributed by atoms with Crippen LogP contribution in [0.5, 0.6) is 0 Å². The highest BCUT2D eigenvalue weighted by molar-refractivity contribution is 6.35. The molecule has 2 aliphatic heterocycles. The zero-order chi connectivity index (χ0) is 19.7. The van der Waals surface area contributed by atoms with E-state index < -0.39 is 5.60 Å². The van der Waals surface area contributed by atoms with Gasteiger partial charge >= 0.3 is 0 Å². The largest absolute Gasteiger partial charge is 0.373 e. The van der Waals surface area contributed by atoms with Crippen molar-refractivity contribution in [2.45, 2.75) is 57.1 Å². The van der Waals surface area contributed by atoms with Crippen molar-refractivity contribution in [3.05, 3.63) is 46.5 Å². The number of aromatic nitrogens is 3. The lowest BCUT2D eigenvalue weighted by Crippen LogP contribution is -2.48. The van der Waals surface area contributed by atoms with E-state index in [-0.39, 0.29) is 18.3 Å². The second-order valence-electron chi connectivity index (χ2n) is 7.97. The molecule has 2 aromatic rings. The zero-order valence-electron chi connectivity index (χ0n) is 16.2. The normalized spacial score (nSPS) is 31.4. The molecule has 0 radical (unpaired) electrons. The van der Waals surface area contributed by atoms with E-state index in [1.165, 1.54) is 0 Å². The van der Waals surface area contributed by atoms with E-state index >= 15 is 0 Å². The number of benzene rings is 1. The van der Waals surface area contributed by atoms with Gasteiger partial charge in [0.25, 0.3) is 0 Å². The molecule has 0 saturated carbocycles. The minimum Gasteiger partial charge on any atom is -0.373 e. The van der Waals surface area contributed by atoms with Gasteiger partial charge in [-0.15, -0.1) is 0 Å². The van der Waals surface area contributed by atoms with Crippen molar-refractivity contribution in [2.24, 2.45) is 0 Å². The molecule has 1 aromatic heterocycles. The average molecular weight is 425 g/mol. The van der Waals surface area contributed by atoms with E-state index in [0.717, 1.165) is 38.0 Å². The highest BCUT2D eigenvalue weighted by atomic mass is 35.5. The van der Waals surface area contributed by atoms with E-state index in [1.807, 2.05) is 16.8 Å². The van der Waals surface area contributed by atoms with Crippen LogP contribution in [-0.4, -0.2) is 57.6 Å². The number of halogens is 2. The number of morpholine rings is 1. The first-order valence-electron chi connectivity index (χ1n) is 9.77. The van der Waals surface area contributed by atoms with Gasteiger partial charge in [0.05, 0.1) is 24.9 Å². The Morgan fingerprint density at radius 2 is 2.00 bits per heavy atom. The standard InChI is InChI=1S/C20H26Cl2N4O2/c1-14-8-25(9-15(2)27-14)10-17-5-6-20(28-17,11-26-13-23-12-24-26)18-4-3-16(21)7-19(18)22/h3-4,7,12-15,17H,5-6,8-11H2,1-2H3/t14-,15+,17?,20?. The van der Waals surface area contributed by atoms with Crippen molar-refractivity contribution < 1.29 is 9.47 Å². The van der Waals surface area contributed by atoms with Gasteiger partial charge in [0.1, 0.15) is 18.3 Å². The predicted octanol–water partition coefficient (Wildman–Crippen LogP) is 3.77. The molecule has 152 valence electrons. The number of hydrogen-bond donors (Lipinski definition) is 0. The SMILES string of the molecule is C[C@@H]1CN(CC2CCC(Cn3cncn3)(c3ccc(Cl)cc3Cl)O2)C[C@H](C)O1. The lowest BCUT2D eigenvalue weighted by atomic mass is 9.90. The fraction of sp³-hybridized carbons (Fsp3) is 0.600. The fourth-order valence-electron chi connectivity index (χ4n) is 4.52. The number of hydrogen-bond acceptors (Lipinski definition) is 5. The van der Waals surface area contributed by atoms with Crippen molar-refractivity contribution in [3.63, 3.8) is 0 Å². The van der Waals surface area contributed by atoms with Crippen LogP contribution in [0.2, 0.25) is 10.0 Å². The first-order valence-corrected chi connectivity index (χ1v) is 10.5. The summed E-state index contributed by atoms with van der Waals surface area (Å²) in [6.07, 6.45) is 5.72. The third kappa shape index (κ3) is 4.36. The smallest absolute Gasteiger partial charge is 0.137 e. The molecule has 2 fully saturated rings. The van der Waals surface area contributed by atoms with E-state index in [0.29, 0.717) is 16.6 Å². The molecule has 4 atom stereocenters. The summed E-state index contributed by atoms with van der Waals surface area (Å²) in [5.41, 5.74) is 0.420. The minimum absolute atomic E-state index is 0.132. The van der Waals surface area contributed by atoms with E-state index in [9.17, 15) is 0 Å². The first kappa shape index (κ1) is 20.1. The molecule has 4 rings (SSSR count). The van der Waals surface area contributed by atoms with Crippen molar-refractivity contribution in [1.82, 2.24) is 19.7 Å². The van der Waals surface area contributed by atoms with Crippen LogP contribution in [0.1, 0.15) is 32.3 Å². The van der Waals surface area contributed by atoms with E-state index in [4.69, 9.17) is 32.7 Å².